The number of aliphatic carboxylic acids is 1. The van der Waals surface area contributed by atoms with Crippen LogP contribution in [0.3, 0.4) is 0 Å². The number of carbonyl (C=O) groups is 2. The van der Waals surface area contributed by atoms with Gasteiger partial charge < -0.3 is 10.0 Å². The van der Waals surface area contributed by atoms with E-state index in [9.17, 15) is 14.7 Å². The molecule has 0 unspecified atom stereocenters. The molecule has 0 bridgehead atoms. The van der Waals surface area contributed by atoms with Crippen LogP contribution in [-0.4, -0.2) is 59.0 Å². The van der Waals surface area contributed by atoms with Crippen LogP contribution in [0.25, 0.3) is 0 Å². The van der Waals surface area contributed by atoms with Crippen LogP contribution in [0.4, 0.5) is 0 Å². The van der Waals surface area contributed by atoms with Crippen molar-refractivity contribution in [2.75, 3.05) is 20.1 Å². The molecule has 1 heterocycles. The summed E-state index contributed by atoms with van der Waals surface area (Å²) in [6.07, 6.45) is 4.20. The van der Waals surface area contributed by atoms with Crippen molar-refractivity contribution >= 4 is 11.9 Å². The molecule has 5 nitrogen and oxygen atoms in total. The fraction of sp³-hybridized carbons (Fsp3) is 0.467. The van der Waals surface area contributed by atoms with Crippen molar-refractivity contribution in [3.8, 4) is 11.8 Å². The number of carboxylic acid groups (broad SMARTS) is 1. The molecule has 35 heavy (non-hydrogen) atoms. The first-order valence-corrected chi connectivity index (χ1v) is 12.6. The zero-order valence-electron chi connectivity index (χ0n) is 21.0. The van der Waals surface area contributed by atoms with Crippen molar-refractivity contribution in [3.05, 3.63) is 71.8 Å². The van der Waals surface area contributed by atoms with Crippen LogP contribution in [0.5, 0.6) is 0 Å². The zero-order chi connectivity index (χ0) is 25.0. The Morgan fingerprint density at radius 2 is 1.63 bits per heavy atom. The molecule has 1 N–H and O–H groups in total. The van der Waals surface area contributed by atoms with Gasteiger partial charge in [-0.25, -0.2) is 4.79 Å². The van der Waals surface area contributed by atoms with Gasteiger partial charge in [0.05, 0.1) is 12.5 Å². The van der Waals surface area contributed by atoms with Crippen molar-refractivity contribution in [3.63, 3.8) is 0 Å². The summed E-state index contributed by atoms with van der Waals surface area (Å²) in [5.41, 5.74) is 1.75. The van der Waals surface area contributed by atoms with Gasteiger partial charge in [-0.1, -0.05) is 78.9 Å². The van der Waals surface area contributed by atoms with Crippen LogP contribution in [-0.2, 0) is 9.59 Å². The second-order valence-corrected chi connectivity index (χ2v) is 10.6. The molecule has 1 aliphatic heterocycles. The number of likely N-dealkylation sites (N-methyl/N-ethyl adjacent to an activating group) is 1. The first-order valence-electron chi connectivity index (χ1n) is 12.6. The van der Waals surface area contributed by atoms with Crippen molar-refractivity contribution in [2.24, 2.45) is 11.3 Å². The molecular formula is C30H36N2O3. The largest absolute Gasteiger partial charge is 0.480 e. The highest BCUT2D eigenvalue weighted by atomic mass is 16.4. The molecule has 2 aromatic carbocycles. The molecule has 1 amide bonds. The van der Waals surface area contributed by atoms with Crippen LogP contribution in [0.2, 0.25) is 0 Å². The number of rotatable bonds is 7. The van der Waals surface area contributed by atoms with Gasteiger partial charge in [-0.3, -0.25) is 9.69 Å². The van der Waals surface area contributed by atoms with Crippen molar-refractivity contribution in [1.82, 2.24) is 9.80 Å². The highest BCUT2D eigenvalue weighted by Gasteiger charge is 2.43. The minimum Gasteiger partial charge on any atom is -0.480 e. The predicted octanol–water partition coefficient (Wildman–Crippen LogP) is 4.63. The topological polar surface area (TPSA) is 60.9 Å². The molecule has 2 aromatic rings. The summed E-state index contributed by atoms with van der Waals surface area (Å²) in [5, 5.41) is 9.99. The molecular weight excluding hydrogens is 436 g/mol. The number of likely N-dealkylation sites (tertiary alicyclic amines) is 1. The molecule has 2 atom stereocenters. The Kier molecular flexibility index (Phi) is 7.62. The molecule has 5 heteroatoms. The van der Waals surface area contributed by atoms with E-state index in [2.05, 4.69) is 30.6 Å². The van der Waals surface area contributed by atoms with Gasteiger partial charge in [0.2, 0.25) is 5.91 Å². The Morgan fingerprint density at radius 1 is 1.06 bits per heavy atom. The number of benzene rings is 2. The number of carbonyl (C=O) groups excluding carboxylic acids is 1. The van der Waals surface area contributed by atoms with E-state index >= 15 is 0 Å². The minimum atomic E-state index is -0.952. The fourth-order valence-corrected chi connectivity index (χ4v) is 5.30. The smallest absolute Gasteiger partial charge is 0.326 e. The maximum Gasteiger partial charge on any atom is 0.326 e. The van der Waals surface area contributed by atoms with Gasteiger partial charge in [0.15, 0.2) is 0 Å². The maximum absolute atomic E-state index is 13.9. The second-order valence-electron chi connectivity index (χ2n) is 10.6. The molecule has 0 spiro atoms. The van der Waals surface area contributed by atoms with Crippen LogP contribution >= 0.6 is 0 Å². The van der Waals surface area contributed by atoms with Gasteiger partial charge in [-0.05, 0) is 57.2 Å². The van der Waals surface area contributed by atoms with E-state index in [1.807, 2.05) is 67.7 Å². The van der Waals surface area contributed by atoms with E-state index in [1.165, 1.54) is 19.3 Å². The van der Waals surface area contributed by atoms with Crippen molar-refractivity contribution in [1.29, 1.82) is 0 Å². The average Bonchev–Trinajstić information content (AvgIpc) is 3.25. The number of amides is 1. The number of hydrogen-bond donors (Lipinski definition) is 1. The lowest BCUT2D eigenvalue weighted by molar-refractivity contribution is -0.148. The quantitative estimate of drug-likeness (QED) is 0.597. The Bertz CT molecular complexity index is 1040. The summed E-state index contributed by atoms with van der Waals surface area (Å²) in [5.74, 6) is 5.81. The summed E-state index contributed by atoms with van der Waals surface area (Å²) >= 11 is 0. The lowest BCUT2D eigenvalue weighted by Crippen LogP contribution is -2.43. The first kappa shape index (κ1) is 25.0. The fourth-order valence-electron chi connectivity index (χ4n) is 5.30. The lowest BCUT2D eigenvalue weighted by Gasteiger charge is -2.36. The number of nitrogens with zero attached hydrogens (tertiary/aromatic N) is 2. The summed E-state index contributed by atoms with van der Waals surface area (Å²) in [6, 6.07) is 18.3. The summed E-state index contributed by atoms with van der Waals surface area (Å²) in [4.78, 5) is 29.8. The molecule has 2 fully saturated rings. The SMILES string of the molecule is CN(CC#CC(C)(C)C1CCC1)[C@H]1C[C@@H](C(=O)O)N(C(=O)C(c2ccccc2)c2ccccc2)C1. The molecule has 1 saturated heterocycles. The van der Waals surface area contributed by atoms with Crippen molar-refractivity contribution in [2.45, 2.75) is 57.5 Å². The molecule has 0 aromatic heterocycles. The Morgan fingerprint density at radius 3 is 2.11 bits per heavy atom. The molecule has 4 rings (SSSR count). The normalized spacial score (nSPS) is 20.4. The van der Waals surface area contributed by atoms with Gasteiger partial charge in [0.25, 0.3) is 0 Å². The third-order valence-corrected chi connectivity index (χ3v) is 7.85. The standard InChI is InChI=1S/C30H36N2O3/c1-30(2,24-16-10-17-24)18-11-19-31(3)25-20-26(29(34)35)32(21-25)28(33)27(22-12-6-4-7-13-22)23-14-8-5-9-15-23/h4-9,12-15,24-27H,10,16-17,19-21H2,1-3H3,(H,34,35)/t25-,26-/m0/s1. The highest BCUT2D eigenvalue weighted by Crippen LogP contribution is 2.41. The first-order chi connectivity index (χ1) is 16.8. The molecule has 1 saturated carbocycles. The highest BCUT2D eigenvalue weighted by molar-refractivity contribution is 5.91. The summed E-state index contributed by atoms with van der Waals surface area (Å²) in [6.45, 7) is 5.38. The van der Waals surface area contributed by atoms with Crippen LogP contribution in [0.1, 0.15) is 56.6 Å². The summed E-state index contributed by atoms with van der Waals surface area (Å²) in [7, 11) is 1.98. The molecule has 0 radical (unpaired) electrons. The van der Waals surface area contributed by atoms with Gasteiger partial charge >= 0.3 is 5.97 Å². The van der Waals surface area contributed by atoms with E-state index in [-0.39, 0.29) is 17.4 Å². The van der Waals surface area contributed by atoms with E-state index in [4.69, 9.17) is 0 Å². The second kappa shape index (κ2) is 10.7. The Hall–Kier alpha value is -3.10. The maximum atomic E-state index is 13.9. The molecule has 184 valence electrons. The zero-order valence-corrected chi connectivity index (χ0v) is 21.0. The van der Waals surface area contributed by atoms with Crippen molar-refractivity contribution < 1.29 is 14.7 Å². The minimum absolute atomic E-state index is 0.0129. The van der Waals surface area contributed by atoms with Gasteiger partial charge in [0.1, 0.15) is 6.04 Å². The monoisotopic (exact) mass is 472 g/mol. The number of hydrogen-bond acceptors (Lipinski definition) is 3. The lowest BCUT2D eigenvalue weighted by atomic mass is 9.68. The Labute approximate surface area is 209 Å². The Balaban J connectivity index is 1.52. The number of carboxylic acids is 1. The van der Waals surface area contributed by atoms with E-state index in [1.54, 1.807) is 4.90 Å². The van der Waals surface area contributed by atoms with Gasteiger partial charge in [-0.2, -0.15) is 0 Å². The van der Waals surface area contributed by atoms with Gasteiger partial charge in [-0.15, -0.1) is 0 Å². The third kappa shape index (κ3) is 5.60. The van der Waals surface area contributed by atoms with Crippen LogP contribution in [0.15, 0.2) is 60.7 Å². The van der Waals surface area contributed by atoms with E-state index in [0.717, 1.165) is 11.1 Å². The molecule has 2 aliphatic rings. The van der Waals surface area contributed by atoms with Crippen LogP contribution < -0.4 is 0 Å². The molecule has 1 aliphatic carbocycles. The van der Waals surface area contributed by atoms with Crippen LogP contribution in [0, 0.1) is 23.2 Å². The predicted molar refractivity (Wildman–Crippen MR) is 138 cm³/mol. The average molecular weight is 473 g/mol. The van der Waals surface area contributed by atoms with E-state index < -0.39 is 17.9 Å². The summed E-state index contributed by atoms with van der Waals surface area (Å²) < 4.78 is 0. The van der Waals surface area contributed by atoms with Gasteiger partial charge in [0, 0.05) is 18.0 Å². The third-order valence-electron chi connectivity index (χ3n) is 7.85. The van der Waals surface area contributed by atoms with E-state index in [0.29, 0.717) is 25.4 Å².